The van der Waals surface area contributed by atoms with Crippen LogP contribution in [0.2, 0.25) is 0 Å². The fourth-order valence-corrected chi connectivity index (χ4v) is 4.24. The number of carbonyl (C=O) groups excluding carboxylic acids is 1. The van der Waals surface area contributed by atoms with Gasteiger partial charge < -0.3 is 14.8 Å². The van der Waals surface area contributed by atoms with Crippen LogP contribution >= 0.6 is 0 Å². The molecule has 0 atom stereocenters. The Kier molecular flexibility index (Phi) is 6.13. The zero-order valence-electron chi connectivity index (χ0n) is 17.2. The fourth-order valence-electron chi connectivity index (χ4n) is 3.17. The zero-order chi connectivity index (χ0) is 23.4. The molecule has 10 nitrogen and oxygen atoms in total. The zero-order valence-corrected chi connectivity index (χ0v) is 18.0. The first-order valence-electron chi connectivity index (χ1n) is 9.91. The van der Waals surface area contributed by atoms with Crippen LogP contribution in [0.3, 0.4) is 0 Å². The van der Waals surface area contributed by atoms with Crippen LogP contribution in [0.4, 0.5) is 17.1 Å². The normalized spacial score (nSPS) is 13.0. The molecule has 0 saturated carbocycles. The molecule has 0 unspecified atom stereocenters. The van der Waals surface area contributed by atoms with E-state index in [1.807, 2.05) is 0 Å². The number of nitrogens with one attached hydrogen (secondary N) is 2. The van der Waals surface area contributed by atoms with Crippen LogP contribution in [-0.2, 0) is 10.0 Å². The Morgan fingerprint density at radius 3 is 2.30 bits per heavy atom. The Hall–Kier alpha value is -4.12. The average molecular weight is 469 g/mol. The van der Waals surface area contributed by atoms with Crippen LogP contribution in [-0.4, -0.2) is 32.5 Å². The number of fused-ring (bicyclic) bond motifs is 1. The Balaban J connectivity index is 1.47. The van der Waals surface area contributed by atoms with Crippen LogP contribution < -0.4 is 19.5 Å². The van der Waals surface area contributed by atoms with Gasteiger partial charge in [-0.25, -0.2) is 8.42 Å². The summed E-state index contributed by atoms with van der Waals surface area (Å²) in [5, 5.41) is 13.7. The Morgan fingerprint density at radius 2 is 1.58 bits per heavy atom. The van der Waals surface area contributed by atoms with Crippen LogP contribution in [0.15, 0.2) is 71.6 Å². The van der Waals surface area contributed by atoms with Crippen LogP contribution in [0.25, 0.3) is 0 Å². The highest BCUT2D eigenvalue weighted by molar-refractivity contribution is 7.92. The highest BCUT2D eigenvalue weighted by Gasteiger charge is 2.20. The molecule has 2 N–H and O–H groups in total. The van der Waals surface area contributed by atoms with Gasteiger partial charge in [-0.3, -0.25) is 19.6 Å². The molecule has 1 heterocycles. The summed E-state index contributed by atoms with van der Waals surface area (Å²) in [5.74, 6) is 0.205. The first-order chi connectivity index (χ1) is 15.8. The summed E-state index contributed by atoms with van der Waals surface area (Å²) in [6.07, 6.45) is 0.704. The van der Waals surface area contributed by atoms with Crippen molar-refractivity contribution in [1.82, 2.24) is 0 Å². The summed E-state index contributed by atoms with van der Waals surface area (Å²) >= 11 is 0. The molecule has 3 aromatic rings. The number of benzene rings is 3. The predicted octanol–water partition coefficient (Wildman–Crippen LogP) is 3.81. The molecular formula is C22H19N3O7S. The van der Waals surface area contributed by atoms with Gasteiger partial charge in [-0.1, -0.05) is 12.1 Å². The van der Waals surface area contributed by atoms with Gasteiger partial charge in [-0.2, -0.15) is 0 Å². The van der Waals surface area contributed by atoms with E-state index in [-0.39, 0.29) is 21.8 Å². The van der Waals surface area contributed by atoms with Gasteiger partial charge in [-0.15, -0.1) is 0 Å². The summed E-state index contributed by atoms with van der Waals surface area (Å²) in [4.78, 5) is 22.9. The number of para-hydroxylation sites is 1. The maximum absolute atomic E-state index is 12.8. The quantitative estimate of drug-likeness (QED) is 0.414. The molecule has 0 aromatic heterocycles. The lowest BCUT2D eigenvalue weighted by atomic mass is 10.1. The smallest absolute Gasteiger partial charge is 0.282 e. The third-order valence-electron chi connectivity index (χ3n) is 4.77. The molecule has 3 aromatic carbocycles. The molecule has 1 aliphatic heterocycles. The monoisotopic (exact) mass is 469 g/mol. The summed E-state index contributed by atoms with van der Waals surface area (Å²) in [5.41, 5.74) is 0.221. The Bertz CT molecular complexity index is 1310. The lowest BCUT2D eigenvalue weighted by Gasteiger charge is -2.12. The van der Waals surface area contributed by atoms with Crippen molar-refractivity contribution in [3.63, 3.8) is 0 Å². The summed E-state index contributed by atoms with van der Waals surface area (Å²) < 4.78 is 39.1. The fraction of sp³-hybridized carbons (Fsp3) is 0.136. The summed E-state index contributed by atoms with van der Waals surface area (Å²) in [7, 11) is -3.90. The lowest BCUT2D eigenvalue weighted by Crippen LogP contribution is -2.15. The van der Waals surface area contributed by atoms with E-state index in [2.05, 4.69) is 10.0 Å². The maximum atomic E-state index is 12.8. The van der Waals surface area contributed by atoms with Crippen molar-refractivity contribution in [2.75, 3.05) is 23.3 Å². The SMILES string of the molecule is O=C(Nc1ccc(NS(=O)(=O)c2ccc3c(c2)OCCCO3)cc1)c1ccccc1[N+](=O)[O-]. The van der Waals surface area contributed by atoms with E-state index in [9.17, 15) is 23.3 Å². The molecule has 0 radical (unpaired) electrons. The average Bonchev–Trinajstić information content (AvgIpc) is 3.05. The summed E-state index contributed by atoms with van der Waals surface area (Å²) in [6.45, 7) is 0.932. The number of carbonyl (C=O) groups is 1. The second-order valence-electron chi connectivity index (χ2n) is 7.07. The highest BCUT2D eigenvalue weighted by atomic mass is 32.2. The van der Waals surface area contributed by atoms with Gasteiger partial charge >= 0.3 is 0 Å². The second kappa shape index (κ2) is 9.17. The number of amides is 1. The number of ether oxygens (including phenoxy) is 2. The molecule has 170 valence electrons. The van der Waals surface area contributed by atoms with Gasteiger partial charge in [0.25, 0.3) is 21.6 Å². The molecule has 0 bridgehead atoms. The predicted molar refractivity (Wildman–Crippen MR) is 120 cm³/mol. The lowest BCUT2D eigenvalue weighted by molar-refractivity contribution is -0.385. The van der Waals surface area contributed by atoms with Crippen LogP contribution in [0.1, 0.15) is 16.8 Å². The molecular weight excluding hydrogens is 450 g/mol. The van der Waals surface area contributed by atoms with Crippen molar-refractivity contribution in [3.05, 3.63) is 82.4 Å². The minimum Gasteiger partial charge on any atom is -0.490 e. The number of sulfonamides is 1. The van der Waals surface area contributed by atoms with Crippen molar-refractivity contribution in [3.8, 4) is 11.5 Å². The number of nitro groups is 1. The number of hydrogen-bond donors (Lipinski definition) is 2. The minimum absolute atomic E-state index is 0.0144. The molecule has 33 heavy (non-hydrogen) atoms. The van der Waals surface area contributed by atoms with E-state index in [4.69, 9.17) is 9.47 Å². The van der Waals surface area contributed by atoms with Crippen molar-refractivity contribution < 1.29 is 27.6 Å². The standard InChI is InChI=1S/C22H19N3O7S/c26-22(18-4-1-2-5-19(18)25(27)28)23-15-6-8-16(9-7-15)24-33(29,30)17-10-11-20-21(14-17)32-13-3-12-31-20/h1-2,4-11,14,24H,3,12-13H2,(H,23,26). The first kappa shape index (κ1) is 22.1. The van der Waals surface area contributed by atoms with E-state index in [1.54, 1.807) is 6.07 Å². The molecule has 1 aliphatic rings. The third kappa shape index (κ3) is 5.04. The van der Waals surface area contributed by atoms with Gasteiger partial charge in [0, 0.05) is 29.9 Å². The molecule has 0 aliphatic carbocycles. The van der Waals surface area contributed by atoms with Gasteiger partial charge in [0.15, 0.2) is 11.5 Å². The van der Waals surface area contributed by atoms with Crippen molar-refractivity contribution >= 4 is 33.0 Å². The van der Waals surface area contributed by atoms with Crippen LogP contribution in [0.5, 0.6) is 11.5 Å². The van der Waals surface area contributed by atoms with E-state index in [0.29, 0.717) is 36.8 Å². The number of hydrogen-bond acceptors (Lipinski definition) is 7. The molecule has 11 heteroatoms. The van der Waals surface area contributed by atoms with E-state index in [1.165, 1.54) is 60.7 Å². The molecule has 4 rings (SSSR count). The van der Waals surface area contributed by atoms with Crippen molar-refractivity contribution in [2.45, 2.75) is 11.3 Å². The minimum atomic E-state index is -3.90. The van der Waals surface area contributed by atoms with Crippen molar-refractivity contribution in [2.24, 2.45) is 0 Å². The van der Waals surface area contributed by atoms with E-state index >= 15 is 0 Å². The highest BCUT2D eigenvalue weighted by Crippen LogP contribution is 2.32. The molecule has 0 fully saturated rings. The molecule has 0 saturated heterocycles. The Morgan fingerprint density at radius 1 is 0.909 bits per heavy atom. The molecule has 0 spiro atoms. The van der Waals surface area contributed by atoms with Gasteiger partial charge in [0.2, 0.25) is 0 Å². The number of nitrogens with zero attached hydrogens (tertiary/aromatic N) is 1. The van der Waals surface area contributed by atoms with Crippen molar-refractivity contribution in [1.29, 1.82) is 0 Å². The maximum Gasteiger partial charge on any atom is 0.282 e. The van der Waals surface area contributed by atoms with E-state index < -0.39 is 20.9 Å². The largest absolute Gasteiger partial charge is 0.490 e. The number of nitro benzene ring substituents is 1. The Labute approximate surface area is 189 Å². The van der Waals surface area contributed by atoms with Gasteiger partial charge in [0.05, 0.1) is 23.0 Å². The third-order valence-corrected chi connectivity index (χ3v) is 6.15. The number of anilines is 2. The van der Waals surface area contributed by atoms with Gasteiger partial charge in [-0.05, 0) is 42.5 Å². The van der Waals surface area contributed by atoms with E-state index in [0.717, 1.165) is 0 Å². The molecule has 1 amide bonds. The summed E-state index contributed by atoms with van der Waals surface area (Å²) in [6, 6.07) is 15.9. The number of rotatable bonds is 6. The van der Waals surface area contributed by atoms with Gasteiger partial charge in [0.1, 0.15) is 5.56 Å². The first-order valence-corrected chi connectivity index (χ1v) is 11.4. The van der Waals surface area contributed by atoms with Crippen LogP contribution in [0, 0.1) is 10.1 Å². The topological polar surface area (TPSA) is 137 Å². The second-order valence-corrected chi connectivity index (χ2v) is 8.75.